The highest BCUT2D eigenvalue weighted by atomic mass is 16.4. The monoisotopic (exact) mass is 231 g/mol. The van der Waals surface area contributed by atoms with Crippen LogP contribution in [0.5, 0.6) is 0 Å². The van der Waals surface area contributed by atoms with Crippen LogP contribution in [0.2, 0.25) is 0 Å². The molecule has 0 unspecified atom stereocenters. The van der Waals surface area contributed by atoms with Crippen molar-refractivity contribution in [2.45, 2.75) is 50.7 Å². The predicted octanol–water partition coefficient (Wildman–Crippen LogP) is 0.946. The molecule has 0 spiro atoms. The summed E-state index contributed by atoms with van der Waals surface area (Å²) in [4.78, 5) is 10.6. The van der Waals surface area contributed by atoms with Gasteiger partial charge in [-0.3, -0.25) is 0 Å². The fourth-order valence-corrected chi connectivity index (χ4v) is 2.38. The largest absolute Gasteiger partial charge is 0.465 e. The quantitative estimate of drug-likeness (QED) is 0.567. The molecule has 0 aromatic heterocycles. The van der Waals surface area contributed by atoms with Crippen molar-refractivity contribution in [1.82, 2.24) is 5.32 Å². The average Bonchev–Trinajstić information content (AvgIpc) is 2.28. The molecule has 0 heterocycles. The van der Waals surface area contributed by atoms with E-state index in [1.807, 2.05) is 0 Å². The van der Waals surface area contributed by atoms with Crippen LogP contribution in [0.4, 0.5) is 4.79 Å². The highest BCUT2D eigenvalue weighted by Crippen LogP contribution is 2.27. The second kappa shape index (κ2) is 6.70. The first kappa shape index (κ1) is 13.3. The van der Waals surface area contributed by atoms with Crippen molar-refractivity contribution in [2.75, 3.05) is 6.61 Å². The van der Waals surface area contributed by atoms with Gasteiger partial charge in [0.15, 0.2) is 0 Å². The summed E-state index contributed by atoms with van der Waals surface area (Å²) in [7, 11) is 0. The van der Waals surface area contributed by atoms with Gasteiger partial charge in [-0.25, -0.2) is 4.79 Å². The highest BCUT2D eigenvalue weighted by molar-refractivity contribution is 5.64. The number of aliphatic hydroxyl groups excluding tert-OH is 2. The van der Waals surface area contributed by atoms with E-state index in [0.29, 0.717) is 12.3 Å². The molecule has 0 saturated heterocycles. The number of hydrogen-bond acceptors (Lipinski definition) is 3. The van der Waals surface area contributed by atoms with Crippen molar-refractivity contribution in [2.24, 2.45) is 5.92 Å². The lowest BCUT2D eigenvalue weighted by molar-refractivity contribution is 0.0520. The molecule has 2 atom stereocenters. The molecule has 1 aliphatic rings. The van der Waals surface area contributed by atoms with Gasteiger partial charge in [0.1, 0.15) is 0 Å². The van der Waals surface area contributed by atoms with Gasteiger partial charge in [0, 0.05) is 0 Å². The number of carbonyl (C=O) groups is 1. The molecule has 94 valence electrons. The van der Waals surface area contributed by atoms with Crippen molar-refractivity contribution in [3.05, 3.63) is 0 Å². The van der Waals surface area contributed by atoms with Crippen molar-refractivity contribution in [3.8, 4) is 0 Å². The normalized spacial score (nSPS) is 21.4. The van der Waals surface area contributed by atoms with Crippen LogP contribution in [-0.4, -0.2) is 40.2 Å². The van der Waals surface area contributed by atoms with Gasteiger partial charge >= 0.3 is 6.09 Å². The van der Waals surface area contributed by atoms with Crippen LogP contribution in [0.15, 0.2) is 0 Å². The maximum absolute atomic E-state index is 10.6. The van der Waals surface area contributed by atoms with Gasteiger partial charge < -0.3 is 20.6 Å². The second-order valence-corrected chi connectivity index (χ2v) is 4.55. The Labute approximate surface area is 95.5 Å². The van der Waals surface area contributed by atoms with Gasteiger partial charge in [-0.15, -0.1) is 0 Å². The number of aliphatic hydroxyl groups is 2. The van der Waals surface area contributed by atoms with Crippen LogP contribution < -0.4 is 5.32 Å². The topological polar surface area (TPSA) is 89.8 Å². The minimum absolute atomic E-state index is 0.405. The van der Waals surface area contributed by atoms with Crippen LogP contribution in [-0.2, 0) is 0 Å². The van der Waals surface area contributed by atoms with Gasteiger partial charge in [0.25, 0.3) is 0 Å². The van der Waals surface area contributed by atoms with Crippen molar-refractivity contribution < 1.29 is 20.1 Å². The summed E-state index contributed by atoms with van der Waals surface area (Å²) in [5.41, 5.74) is 0. The number of amides is 1. The molecule has 0 aromatic rings. The van der Waals surface area contributed by atoms with E-state index in [4.69, 9.17) is 10.2 Å². The smallest absolute Gasteiger partial charge is 0.404 e. The van der Waals surface area contributed by atoms with Gasteiger partial charge in [0.2, 0.25) is 0 Å². The molecule has 0 aliphatic heterocycles. The van der Waals surface area contributed by atoms with E-state index in [2.05, 4.69) is 5.32 Å². The Hall–Kier alpha value is -0.810. The van der Waals surface area contributed by atoms with E-state index < -0.39 is 24.8 Å². The molecular weight excluding hydrogens is 210 g/mol. The SMILES string of the molecule is O=C(O)N[C@@H](CC1CCCCC1)[C@H](O)CO. The molecule has 1 amide bonds. The van der Waals surface area contributed by atoms with Gasteiger partial charge in [-0.05, 0) is 12.3 Å². The fraction of sp³-hybridized carbons (Fsp3) is 0.909. The molecule has 1 saturated carbocycles. The first-order valence-electron chi connectivity index (χ1n) is 5.92. The summed E-state index contributed by atoms with van der Waals surface area (Å²) >= 11 is 0. The zero-order chi connectivity index (χ0) is 12.0. The zero-order valence-electron chi connectivity index (χ0n) is 9.43. The Morgan fingerprint density at radius 2 is 1.94 bits per heavy atom. The summed E-state index contributed by atoms with van der Waals surface area (Å²) in [6, 6.07) is -0.550. The minimum atomic E-state index is -1.15. The van der Waals surface area contributed by atoms with Gasteiger partial charge in [-0.1, -0.05) is 32.1 Å². The van der Waals surface area contributed by atoms with Crippen LogP contribution in [0.1, 0.15) is 38.5 Å². The van der Waals surface area contributed by atoms with E-state index in [-0.39, 0.29) is 0 Å². The average molecular weight is 231 g/mol. The van der Waals surface area contributed by atoms with Crippen LogP contribution in [0, 0.1) is 5.92 Å². The first-order valence-corrected chi connectivity index (χ1v) is 5.92. The van der Waals surface area contributed by atoms with Gasteiger partial charge in [0.05, 0.1) is 18.8 Å². The summed E-state index contributed by atoms with van der Waals surface area (Å²) in [6.07, 6.45) is 4.27. The fourth-order valence-electron chi connectivity index (χ4n) is 2.38. The summed E-state index contributed by atoms with van der Waals surface area (Å²) in [5, 5.41) is 29.3. The Balaban J connectivity index is 2.44. The lowest BCUT2D eigenvalue weighted by Crippen LogP contribution is -2.45. The molecule has 4 N–H and O–H groups in total. The lowest BCUT2D eigenvalue weighted by Gasteiger charge is -2.28. The second-order valence-electron chi connectivity index (χ2n) is 4.55. The molecule has 1 aliphatic carbocycles. The highest BCUT2D eigenvalue weighted by Gasteiger charge is 2.25. The number of rotatable bonds is 5. The van der Waals surface area contributed by atoms with Crippen LogP contribution >= 0.6 is 0 Å². The predicted molar refractivity (Wildman–Crippen MR) is 59.2 cm³/mol. The maximum Gasteiger partial charge on any atom is 0.404 e. The molecule has 1 rings (SSSR count). The van der Waals surface area contributed by atoms with E-state index in [1.54, 1.807) is 0 Å². The molecular formula is C11H21NO4. The number of hydrogen-bond donors (Lipinski definition) is 4. The van der Waals surface area contributed by atoms with E-state index in [0.717, 1.165) is 12.8 Å². The summed E-state index contributed by atoms with van der Waals surface area (Å²) in [6.45, 7) is -0.405. The minimum Gasteiger partial charge on any atom is -0.465 e. The summed E-state index contributed by atoms with van der Waals surface area (Å²) < 4.78 is 0. The third kappa shape index (κ3) is 4.37. The van der Waals surface area contributed by atoms with Crippen LogP contribution in [0.3, 0.4) is 0 Å². The maximum atomic E-state index is 10.6. The molecule has 5 nitrogen and oxygen atoms in total. The van der Waals surface area contributed by atoms with Crippen LogP contribution in [0.25, 0.3) is 0 Å². The van der Waals surface area contributed by atoms with Gasteiger partial charge in [-0.2, -0.15) is 0 Å². The Morgan fingerprint density at radius 3 is 2.44 bits per heavy atom. The van der Waals surface area contributed by atoms with E-state index in [1.165, 1.54) is 19.3 Å². The van der Waals surface area contributed by atoms with Crippen molar-refractivity contribution >= 4 is 6.09 Å². The molecule has 0 aromatic carbocycles. The first-order chi connectivity index (χ1) is 7.63. The third-order valence-electron chi connectivity index (χ3n) is 3.27. The molecule has 5 heteroatoms. The standard InChI is InChI=1S/C11H21NO4/c13-7-10(14)9(12-11(15)16)6-8-4-2-1-3-5-8/h8-10,12-14H,1-7H2,(H,15,16)/t9-,10+/m0/s1. The van der Waals surface area contributed by atoms with Crippen molar-refractivity contribution in [3.63, 3.8) is 0 Å². The molecule has 0 radical (unpaired) electrons. The number of carboxylic acid groups (broad SMARTS) is 1. The molecule has 16 heavy (non-hydrogen) atoms. The third-order valence-corrected chi connectivity index (χ3v) is 3.27. The van der Waals surface area contributed by atoms with E-state index in [9.17, 15) is 9.90 Å². The number of nitrogens with one attached hydrogen (secondary N) is 1. The Kier molecular flexibility index (Phi) is 5.55. The Morgan fingerprint density at radius 1 is 1.31 bits per heavy atom. The van der Waals surface area contributed by atoms with E-state index >= 15 is 0 Å². The lowest BCUT2D eigenvalue weighted by atomic mass is 9.84. The Bertz CT molecular complexity index is 216. The molecule has 1 fully saturated rings. The zero-order valence-corrected chi connectivity index (χ0v) is 9.43. The summed E-state index contributed by atoms with van der Waals surface area (Å²) in [5.74, 6) is 0.465. The molecule has 0 bridgehead atoms. The van der Waals surface area contributed by atoms with Crippen molar-refractivity contribution in [1.29, 1.82) is 0 Å².